The van der Waals surface area contributed by atoms with Crippen molar-refractivity contribution in [3.8, 4) is 0 Å². The van der Waals surface area contributed by atoms with Gasteiger partial charge in [0.25, 0.3) is 5.91 Å². The summed E-state index contributed by atoms with van der Waals surface area (Å²) in [5.74, 6) is 0.121. The second-order valence-corrected chi connectivity index (χ2v) is 6.04. The van der Waals surface area contributed by atoms with Gasteiger partial charge in [-0.15, -0.1) is 0 Å². The van der Waals surface area contributed by atoms with Crippen LogP contribution in [0.2, 0.25) is 0 Å². The van der Waals surface area contributed by atoms with Crippen LogP contribution in [0.5, 0.6) is 0 Å². The van der Waals surface area contributed by atoms with Crippen LogP contribution >= 0.6 is 0 Å². The summed E-state index contributed by atoms with van der Waals surface area (Å²) < 4.78 is 40.0. The number of aromatic nitrogens is 3. The fourth-order valence-electron chi connectivity index (χ4n) is 2.83. The number of nitrogens with one attached hydrogen (secondary N) is 1. The summed E-state index contributed by atoms with van der Waals surface area (Å²) in [6.45, 7) is 1.07. The number of aryl methyl sites for hydroxylation is 1. The van der Waals surface area contributed by atoms with E-state index in [1.165, 1.54) is 12.4 Å². The van der Waals surface area contributed by atoms with Gasteiger partial charge in [-0.3, -0.25) is 9.48 Å². The van der Waals surface area contributed by atoms with Gasteiger partial charge >= 0.3 is 6.18 Å². The Bertz CT molecular complexity index is 750. The number of piperidine rings is 1. The zero-order chi connectivity index (χ0) is 18.0. The summed E-state index contributed by atoms with van der Waals surface area (Å²) in [5.41, 5.74) is -0.214. The Kier molecular flexibility index (Phi) is 4.65. The second kappa shape index (κ2) is 6.73. The van der Waals surface area contributed by atoms with E-state index in [0.29, 0.717) is 37.3 Å². The third-order valence-electron chi connectivity index (χ3n) is 4.19. The van der Waals surface area contributed by atoms with Crippen LogP contribution < -0.4 is 10.2 Å². The topological polar surface area (TPSA) is 63.1 Å². The van der Waals surface area contributed by atoms with E-state index in [1.807, 2.05) is 4.90 Å². The van der Waals surface area contributed by atoms with E-state index in [4.69, 9.17) is 0 Å². The Balaban J connectivity index is 1.58. The minimum atomic E-state index is -4.38. The Morgan fingerprint density at radius 3 is 2.64 bits per heavy atom. The second-order valence-electron chi connectivity index (χ2n) is 6.04. The molecule has 134 valence electrons. The fourth-order valence-corrected chi connectivity index (χ4v) is 2.83. The highest BCUT2D eigenvalue weighted by atomic mass is 19.4. The summed E-state index contributed by atoms with van der Waals surface area (Å²) in [6.07, 6.45) is 1.21. The molecule has 0 aliphatic carbocycles. The van der Waals surface area contributed by atoms with Crippen molar-refractivity contribution in [3.05, 3.63) is 41.9 Å². The molecule has 1 fully saturated rings. The minimum Gasteiger partial charge on any atom is -0.356 e. The van der Waals surface area contributed by atoms with Gasteiger partial charge < -0.3 is 10.2 Å². The van der Waals surface area contributed by atoms with Crippen LogP contribution in [-0.2, 0) is 13.2 Å². The number of halogens is 3. The molecule has 1 aliphatic rings. The predicted octanol–water partition coefficient (Wildman–Crippen LogP) is 2.23. The summed E-state index contributed by atoms with van der Waals surface area (Å²) in [7, 11) is 1.73. The first-order chi connectivity index (χ1) is 11.8. The number of alkyl halides is 3. The molecule has 0 saturated carbocycles. The van der Waals surface area contributed by atoms with E-state index in [1.54, 1.807) is 17.9 Å². The Morgan fingerprint density at radius 1 is 1.32 bits per heavy atom. The third-order valence-corrected chi connectivity index (χ3v) is 4.19. The highest BCUT2D eigenvalue weighted by molar-refractivity contribution is 5.93. The molecule has 9 heteroatoms. The number of amides is 1. The van der Waals surface area contributed by atoms with Gasteiger partial charge in [0.1, 0.15) is 5.82 Å². The lowest BCUT2D eigenvalue weighted by Crippen LogP contribution is -2.45. The standard InChI is InChI=1S/C16H18F3N5O/c1-23-10-11(9-21-23)15(25)22-13-3-6-24(7-4-13)14-8-12(2-5-20-14)16(17,18)19/h2,5,8-10,13H,3-4,6-7H2,1H3,(H,22,25). The van der Waals surface area contributed by atoms with E-state index in [2.05, 4.69) is 15.4 Å². The van der Waals surface area contributed by atoms with Crippen molar-refractivity contribution in [2.45, 2.75) is 25.1 Å². The monoisotopic (exact) mass is 353 g/mol. The molecule has 0 spiro atoms. The number of pyridine rings is 1. The van der Waals surface area contributed by atoms with Gasteiger partial charge in [0.05, 0.1) is 17.3 Å². The van der Waals surface area contributed by atoms with Crippen LogP contribution in [-0.4, -0.2) is 39.8 Å². The zero-order valence-electron chi connectivity index (χ0n) is 13.6. The normalized spacial score (nSPS) is 16.1. The van der Waals surface area contributed by atoms with Crippen LogP contribution in [0, 0.1) is 0 Å². The zero-order valence-corrected chi connectivity index (χ0v) is 13.6. The molecule has 1 N–H and O–H groups in total. The Labute approximate surface area is 142 Å². The molecule has 3 heterocycles. The van der Waals surface area contributed by atoms with Crippen molar-refractivity contribution in [2.24, 2.45) is 7.05 Å². The molecular weight excluding hydrogens is 335 g/mol. The molecule has 1 aliphatic heterocycles. The van der Waals surface area contributed by atoms with Gasteiger partial charge in [-0.1, -0.05) is 0 Å². The summed E-state index contributed by atoms with van der Waals surface area (Å²) >= 11 is 0. The number of anilines is 1. The van der Waals surface area contributed by atoms with Gasteiger partial charge in [-0.05, 0) is 25.0 Å². The molecule has 0 unspecified atom stereocenters. The quantitative estimate of drug-likeness (QED) is 0.919. The smallest absolute Gasteiger partial charge is 0.356 e. The Morgan fingerprint density at radius 2 is 2.04 bits per heavy atom. The molecule has 0 radical (unpaired) electrons. The van der Waals surface area contributed by atoms with Crippen LogP contribution in [0.25, 0.3) is 0 Å². The first-order valence-electron chi connectivity index (χ1n) is 7.90. The predicted molar refractivity (Wildman–Crippen MR) is 85.1 cm³/mol. The lowest BCUT2D eigenvalue weighted by atomic mass is 10.0. The average molecular weight is 353 g/mol. The van der Waals surface area contributed by atoms with E-state index in [0.717, 1.165) is 12.1 Å². The summed E-state index contributed by atoms with van der Waals surface area (Å²) in [5, 5.41) is 6.89. The largest absolute Gasteiger partial charge is 0.416 e. The van der Waals surface area contributed by atoms with Crippen molar-refractivity contribution in [1.29, 1.82) is 0 Å². The maximum Gasteiger partial charge on any atom is 0.416 e. The maximum atomic E-state index is 12.8. The van der Waals surface area contributed by atoms with Crippen LogP contribution in [0.3, 0.4) is 0 Å². The highest BCUT2D eigenvalue weighted by Gasteiger charge is 2.31. The van der Waals surface area contributed by atoms with E-state index in [-0.39, 0.29) is 11.9 Å². The lowest BCUT2D eigenvalue weighted by molar-refractivity contribution is -0.137. The molecule has 0 atom stereocenters. The SMILES string of the molecule is Cn1cc(C(=O)NC2CCN(c3cc(C(F)(F)F)ccn3)CC2)cn1. The molecular formula is C16H18F3N5O. The molecule has 25 heavy (non-hydrogen) atoms. The molecule has 3 rings (SSSR count). The highest BCUT2D eigenvalue weighted by Crippen LogP contribution is 2.31. The number of rotatable bonds is 3. The first-order valence-corrected chi connectivity index (χ1v) is 7.90. The summed E-state index contributed by atoms with van der Waals surface area (Å²) in [4.78, 5) is 18.0. The lowest BCUT2D eigenvalue weighted by Gasteiger charge is -2.33. The van der Waals surface area contributed by atoms with Gasteiger partial charge in [-0.2, -0.15) is 18.3 Å². The van der Waals surface area contributed by atoms with E-state index < -0.39 is 11.7 Å². The van der Waals surface area contributed by atoms with Crippen molar-refractivity contribution < 1.29 is 18.0 Å². The molecule has 1 amide bonds. The van der Waals surface area contributed by atoms with Crippen molar-refractivity contribution in [2.75, 3.05) is 18.0 Å². The minimum absolute atomic E-state index is 0.0187. The third kappa shape index (κ3) is 4.09. The number of nitrogens with zero attached hydrogens (tertiary/aromatic N) is 4. The van der Waals surface area contributed by atoms with Crippen molar-refractivity contribution >= 4 is 11.7 Å². The Hall–Kier alpha value is -2.58. The maximum absolute atomic E-state index is 12.8. The van der Waals surface area contributed by atoms with Crippen LogP contribution in [0.15, 0.2) is 30.7 Å². The van der Waals surface area contributed by atoms with Gasteiger partial charge in [-0.25, -0.2) is 4.98 Å². The van der Waals surface area contributed by atoms with Crippen LogP contribution in [0.4, 0.5) is 19.0 Å². The van der Waals surface area contributed by atoms with Crippen LogP contribution in [0.1, 0.15) is 28.8 Å². The van der Waals surface area contributed by atoms with Gasteiger partial charge in [0, 0.05) is 38.6 Å². The number of hydrogen-bond donors (Lipinski definition) is 1. The molecule has 1 saturated heterocycles. The number of carbonyl (C=O) groups excluding carboxylic acids is 1. The van der Waals surface area contributed by atoms with E-state index in [9.17, 15) is 18.0 Å². The van der Waals surface area contributed by atoms with Crippen molar-refractivity contribution in [3.63, 3.8) is 0 Å². The average Bonchev–Trinajstić information content (AvgIpc) is 3.01. The van der Waals surface area contributed by atoms with Crippen molar-refractivity contribution in [1.82, 2.24) is 20.1 Å². The molecule has 2 aromatic rings. The van der Waals surface area contributed by atoms with Gasteiger partial charge in [0.15, 0.2) is 0 Å². The number of carbonyl (C=O) groups is 1. The molecule has 0 bridgehead atoms. The first kappa shape index (κ1) is 17.2. The molecule has 0 aromatic carbocycles. The molecule has 2 aromatic heterocycles. The van der Waals surface area contributed by atoms with Gasteiger partial charge in [0.2, 0.25) is 0 Å². The fraction of sp³-hybridized carbons (Fsp3) is 0.438. The number of hydrogen-bond acceptors (Lipinski definition) is 4. The van der Waals surface area contributed by atoms with E-state index >= 15 is 0 Å². The molecule has 6 nitrogen and oxygen atoms in total. The summed E-state index contributed by atoms with van der Waals surface area (Å²) in [6, 6.07) is 2.01.